The highest BCUT2D eigenvalue weighted by molar-refractivity contribution is 7.88. The van der Waals surface area contributed by atoms with Crippen LogP contribution in [0, 0.1) is 0 Å². The lowest BCUT2D eigenvalue weighted by Crippen LogP contribution is -2.14. The van der Waals surface area contributed by atoms with Crippen LogP contribution in [0.5, 0.6) is 0 Å². The number of sulfonamides is 1. The lowest BCUT2D eigenvalue weighted by Gasteiger charge is -2.09. The molecule has 0 spiro atoms. The Labute approximate surface area is 155 Å². The zero-order chi connectivity index (χ0) is 18.0. The summed E-state index contributed by atoms with van der Waals surface area (Å²) in [4.78, 5) is 4.49. The highest BCUT2D eigenvalue weighted by Gasteiger charge is 2.07. The van der Waals surface area contributed by atoms with Gasteiger partial charge < -0.3 is 5.32 Å². The number of pyridine rings is 1. The minimum atomic E-state index is -3.52. The number of hydrogen-bond donors (Lipinski definition) is 2. The fourth-order valence-corrected chi connectivity index (χ4v) is 3.43. The van der Waals surface area contributed by atoms with Gasteiger partial charge in [0.25, 0.3) is 0 Å². The number of anilines is 1. The first kappa shape index (κ1) is 17.9. The van der Waals surface area contributed by atoms with Gasteiger partial charge in [0.15, 0.2) is 0 Å². The molecule has 0 atom stereocenters. The second kappa shape index (κ2) is 7.17. The lowest BCUT2D eigenvalue weighted by molar-refractivity contribution is 0.597. The molecule has 3 N–H and O–H groups in total. The standard InChI is InChI=1S/C17H15Cl2N3O2S/c18-14-7-5-13-6-8-15(22-17(13)16(14)19)21-9-11-1-3-12(4-2-11)10-25(20,23)24/h1-8H,9-10H2,(H,21,22)(H2,20,23,24). The number of nitrogens with two attached hydrogens (primary N) is 1. The number of halogens is 2. The summed E-state index contributed by atoms with van der Waals surface area (Å²) < 4.78 is 22.2. The molecule has 0 aliphatic carbocycles. The number of nitrogens with one attached hydrogen (secondary N) is 1. The molecule has 8 heteroatoms. The molecule has 130 valence electrons. The Balaban J connectivity index is 1.73. The average molecular weight is 396 g/mol. The first-order valence-corrected chi connectivity index (χ1v) is 9.86. The van der Waals surface area contributed by atoms with E-state index in [1.54, 1.807) is 18.2 Å². The number of benzene rings is 2. The predicted molar refractivity (Wildman–Crippen MR) is 102 cm³/mol. The molecule has 5 nitrogen and oxygen atoms in total. The summed E-state index contributed by atoms with van der Waals surface area (Å²) in [5, 5.41) is 10.0. The van der Waals surface area contributed by atoms with Gasteiger partial charge in [-0.25, -0.2) is 18.5 Å². The maximum absolute atomic E-state index is 11.1. The molecule has 25 heavy (non-hydrogen) atoms. The highest BCUT2D eigenvalue weighted by Crippen LogP contribution is 2.30. The molecule has 2 aromatic carbocycles. The monoisotopic (exact) mass is 395 g/mol. The van der Waals surface area contributed by atoms with Crippen LogP contribution in [0.25, 0.3) is 10.9 Å². The van der Waals surface area contributed by atoms with Crippen LogP contribution in [0.2, 0.25) is 10.0 Å². The molecular formula is C17H15Cl2N3O2S. The van der Waals surface area contributed by atoms with Gasteiger partial charge in [-0.2, -0.15) is 0 Å². The number of nitrogens with zero attached hydrogens (tertiary/aromatic N) is 1. The highest BCUT2D eigenvalue weighted by atomic mass is 35.5. The molecule has 0 aliphatic heterocycles. The van der Waals surface area contributed by atoms with Gasteiger partial charge >= 0.3 is 0 Å². The summed E-state index contributed by atoms with van der Waals surface area (Å²) in [6.45, 7) is 0.534. The summed E-state index contributed by atoms with van der Waals surface area (Å²) in [7, 11) is -3.52. The maximum Gasteiger partial charge on any atom is 0.213 e. The minimum Gasteiger partial charge on any atom is -0.366 e. The molecule has 0 saturated heterocycles. The van der Waals surface area contributed by atoms with E-state index >= 15 is 0 Å². The van der Waals surface area contributed by atoms with Gasteiger partial charge in [-0.05, 0) is 29.3 Å². The molecule has 1 aromatic heterocycles. The van der Waals surface area contributed by atoms with Crippen LogP contribution in [-0.4, -0.2) is 13.4 Å². The largest absolute Gasteiger partial charge is 0.366 e. The van der Waals surface area contributed by atoms with E-state index in [1.165, 1.54) is 0 Å². The van der Waals surface area contributed by atoms with E-state index in [2.05, 4.69) is 10.3 Å². The van der Waals surface area contributed by atoms with Crippen molar-refractivity contribution in [3.8, 4) is 0 Å². The van der Waals surface area contributed by atoms with Gasteiger partial charge in [0.1, 0.15) is 5.82 Å². The molecule has 3 rings (SSSR count). The van der Waals surface area contributed by atoms with E-state index in [4.69, 9.17) is 28.3 Å². The third kappa shape index (κ3) is 4.61. The molecule has 0 bridgehead atoms. The molecular weight excluding hydrogens is 381 g/mol. The van der Waals surface area contributed by atoms with E-state index in [-0.39, 0.29) is 5.75 Å². The Bertz CT molecular complexity index is 1020. The molecule has 0 fully saturated rings. The lowest BCUT2D eigenvalue weighted by atomic mass is 10.1. The van der Waals surface area contributed by atoms with E-state index in [9.17, 15) is 8.42 Å². The van der Waals surface area contributed by atoms with Crippen molar-refractivity contribution in [2.75, 3.05) is 5.32 Å². The quantitative estimate of drug-likeness (QED) is 0.684. The van der Waals surface area contributed by atoms with E-state index in [0.29, 0.717) is 33.5 Å². The molecule has 3 aromatic rings. The normalized spacial score (nSPS) is 11.6. The van der Waals surface area contributed by atoms with Gasteiger partial charge in [0.05, 0.1) is 21.3 Å². The third-order valence-electron chi connectivity index (χ3n) is 3.62. The van der Waals surface area contributed by atoms with Crippen molar-refractivity contribution < 1.29 is 8.42 Å². The Morgan fingerprint density at radius 1 is 0.960 bits per heavy atom. The number of hydrogen-bond acceptors (Lipinski definition) is 4. The minimum absolute atomic E-state index is 0.174. The topological polar surface area (TPSA) is 85.1 Å². The van der Waals surface area contributed by atoms with E-state index in [0.717, 1.165) is 10.9 Å². The van der Waals surface area contributed by atoms with Crippen molar-refractivity contribution in [2.45, 2.75) is 12.3 Å². The van der Waals surface area contributed by atoms with Crippen molar-refractivity contribution >= 4 is 49.9 Å². The van der Waals surface area contributed by atoms with Gasteiger partial charge in [-0.3, -0.25) is 0 Å². The van der Waals surface area contributed by atoms with Crippen LogP contribution >= 0.6 is 23.2 Å². The van der Waals surface area contributed by atoms with Crippen LogP contribution in [0.3, 0.4) is 0 Å². The molecule has 0 aliphatic rings. The second-order valence-corrected chi connectivity index (χ2v) is 8.01. The van der Waals surface area contributed by atoms with Gasteiger partial charge in [-0.15, -0.1) is 0 Å². The van der Waals surface area contributed by atoms with Crippen molar-refractivity contribution in [2.24, 2.45) is 5.14 Å². The maximum atomic E-state index is 11.1. The summed E-state index contributed by atoms with van der Waals surface area (Å²) >= 11 is 12.2. The third-order valence-corrected chi connectivity index (χ3v) is 5.15. The Hall–Kier alpha value is -1.86. The van der Waals surface area contributed by atoms with Crippen molar-refractivity contribution in [3.63, 3.8) is 0 Å². The predicted octanol–water partition coefficient (Wildman–Crippen LogP) is 3.94. The van der Waals surface area contributed by atoms with Crippen molar-refractivity contribution in [3.05, 3.63) is 69.7 Å². The summed E-state index contributed by atoms with van der Waals surface area (Å²) in [5.74, 6) is 0.497. The van der Waals surface area contributed by atoms with Crippen LogP contribution in [0.4, 0.5) is 5.82 Å². The van der Waals surface area contributed by atoms with Crippen LogP contribution in [0.15, 0.2) is 48.5 Å². The smallest absolute Gasteiger partial charge is 0.213 e. The van der Waals surface area contributed by atoms with Gasteiger partial charge in [0, 0.05) is 11.9 Å². The fourth-order valence-electron chi connectivity index (χ4n) is 2.41. The molecule has 0 saturated carbocycles. The van der Waals surface area contributed by atoms with Gasteiger partial charge in [-0.1, -0.05) is 53.5 Å². The SMILES string of the molecule is NS(=O)(=O)Cc1ccc(CNc2ccc3ccc(Cl)c(Cl)c3n2)cc1. The van der Waals surface area contributed by atoms with Crippen LogP contribution in [-0.2, 0) is 22.3 Å². The first-order chi connectivity index (χ1) is 11.8. The summed E-state index contributed by atoms with van der Waals surface area (Å²) in [6.07, 6.45) is 0. The molecule has 0 unspecified atom stereocenters. The van der Waals surface area contributed by atoms with E-state index < -0.39 is 10.0 Å². The Morgan fingerprint density at radius 3 is 2.28 bits per heavy atom. The molecule has 1 heterocycles. The fraction of sp³-hybridized carbons (Fsp3) is 0.118. The number of rotatable bonds is 5. The van der Waals surface area contributed by atoms with Crippen molar-refractivity contribution in [1.29, 1.82) is 0 Å². The number of primary sulfonamides is 1. The van der Waals surface area contributed by atoms with E-state index in [1.807, 2.05) is 30.3 Å². The first-order valence-electron chi connectivity index (χ1n) is 7.39. The molecule has 0 radical (unpaired) electrons. The zero-order valence-electron chi connectivity index (χ0n) is 13.0. The Morgan fingerprint density at radius 2 is 1.60 bits per heavy atom. The zero-order valence-corrected chi connectivity index (χ0v) is 15.4. The summed E-state index contributed by atoms with van der Waals surface area (Å²) in [6, 6.07) is 14.6. The Kier molecular flexibility index (Phi) is 5.15. The summed E-state index contributed by atoms with van der Waals surface area (Å²) in [5.41, 5.74) is 2.27. The number of fused-ring (bicyclic) bond motifs is 1. The number of aromatic nitrogens is 1. The second-order valence-electron chi connectivity index (χ2n) is 5.61. The van der Waals surface area contributed by atoms with Crippen LogP contribution in [0.1, 0.15) is 11.1 Å². The van der Waals surface area contributed by atoms with Crippen molar-refractivity contribution in [1.82, 2.24) is 4.98 Å². The van der Waals surface area contributed by atoms with Gasteiger partial charge in [0.2, 0.25) is 10.0 Å². The molecule has 0 amide bonds. The van der Waals surface area contributed by atoms with Crippen LogP contribution < -0.4 is 10.5 Å². The average Bonchev–Trinajstić information content (AvgIpc) is 2.56.